The molecular formula is C17H24FN3. The molecule has 0 spiro atoms. The molecule has 1 unspecified atom stereocenters. The fraction of sp³-hybridized carbons (Fsp3) is 0.588. The standard InChI is InChI=1S/C17H24FN3/c1-2-12-21-15-7-4-3-6-14(15)20-16(21)13-17(18)8-5-10-19-11-9-17/h3-4,6-7,19H,2,5,8-13H2,1H3. The van der Waals surface area contributed by atoms with Crippen LogP contribution in [0.2, 0.25) is 0 Å². The maximum atomic E-state index is 15.2. The van der Waals surface area contributed by atoms with Gasteiger partial charge in [0.25, 0.3) is 0 Å². The van der Waals surface area contributed by atoms with Gasteiger partial charge in [-0.25, -0.2) is 9.37 Å². The molecule has 0 amide bonds. The number of imidazole rings is 1. The monoisotopic (exact) mass is 289 g/mol. The van der Waals surface area contributed by atoms with Crippen LogP contribution in [-0.2, 0) is 13.0 Å². The molecule has 1 aromatic carbocycles. The number of nitrogens with one attached hydrogen (secondary N) is 1. The quantitative estimate of drug-likeness (QED) is 0.934. The minimum absolute atomic E-state index is 0.434. The van der Waals surface area contributed by atoms with Crippen molar-refractivity contribution >= 4 is 11.0 Å². The van der Waals surface area contributed by atoms with E-state index in [0.29, 0.717) is 19.3 Å². The zero-order chi connectivity index (χ0) is 14.7. The summed E-state index contributed by atoms with van der Waals surface area (Å²) in [5, 5.41) is 3.29. The van der Waals surface area contributed by atoms with Crippen LogP contribution in [0.25, 0.3) is 11.0 Å². The maximum absolute atomic E-state index is 15.2. The number of halogens is 1. The number of nitrogens with zero attached hydrogens (tertiary/aromatic N) is 2. The number of para-hydroxylation sites is 2. The summed E-state index contributed by atoms with van der Waals surface area (Å²) in [7, 11) is 0. The second-order valence-corrected chi connectivity index (χ2v) is 6.10. The molecule has 3 rings (SSSR count). The molecule has 0 aliphatic carbocycles. The van der Waals surface area contributed by atoms with Crippen LogP contribution < -0.4 is 5.32 Å². The zero-order valence-electron chi connectivity index (χ0n) is 12.7. The number of alkyl halides is 1. The Balaban J connectivity index is 1.93. The molecule has 2 heterocycles. The topological polar surface area (TPSA) is 29.9 Å². The minimum atomic E-state index is -1.11. The normalized spacial score (nSPS) is 23.3. The first-order valence-electron chi connectivity index (χ1n) is 8.06. The SMILES string of the molecule is CCCn1c(CC2(F)CCCNCC2)nc2ccccc21. The molecule has 1 aromatic heterocycles. The van der Waals surface area contributed by atoms with E-state index in [4.69, 9.17) is 4.98 Å². The van der Waals surface area contributed by atoms with Crippen LogP contribution in [-0.4, -0.2) is 28.3 Å². The summed E-state index contributed by atoms with van der Waals surface area (Å²) in [6, 6.07) is 8.13. The molecule has 1 atom stereocenters. The number of fused-ring (bicyclic) bond motifs is 1. The number of aromatic nitrogens is 2. The van der Waals surface area contributed by atoms with Gasteiger partial charge in [0.1, 0.15) is 11.5 Å². The highest BCUT2D eigenvalue weighted by atomic mass is 19.1. The number of hydrogen-bond donors (Lipinski definition) is 1. The number of hydrogen-bond acceptors (Lipinski definition) is 2. The summed E-state index contributed by atoms with van der Waals surface area (Å²) in [5.41, 5.74) is 0.997. The Labute approximate surface area is 125 Å². The van der Waals surface area contributed by atoms with Crippen LogP contribution in [0, 0.1) is 0 Å². The fourth-order valence-electron chi connectivity index (χ4n) is 3.29. The van der Waals surface area contributed by atoms with Gasteiger partial charge in [0.05, 0.1) is 11.0 Å². The number of rotatable bonds is 4. The predicted octanol–water partition coefficient (Wildman–Crippen LogP) is 3.47. The van der Waals surface area contributed by atoms with Crippen molar-refractivity contribution < 1.29 is 4.39 Å². The molecule has 4 heteroatoms. The summed E-state index contributed by atoms with van der Waals surface area (Å²) in [5.74, 6) is 0.905. The van der Waals surface area contributed by atoms with Gasteiger partial charge in [-0.2, -0.15) is 0 Å². The first-order valence-corrected chi connectivity index (χ1v) is 8.06. The Morgan fingerprint density at radius 2 is 2.14 bits per heavy atom. The fourth-order valence-corrected chi connectivity index (χ4v) is 3.29. The van der Waals surface area contributed by atoms with E-state index in [1.165, 1.54) is 0 Å². The average Bonchev–Trinajstić information content (AvgIpc) is 2.66. The summed E-state index contributed by atoms with van der Waals surface area (Å²) in [4.78, 5) is 4.70. The molecular weight excluding hydrogens is 265 g/mol. The van der Waals surface area contributed by atoms with E-state index in [1.807, 2.05) is 18.2 Å². The lowest BCUT2D eigenvalue weighted by molar-refractivity contribution is 0.140. The van der Waals surface area contributed by atoms with E-state index in [9.17, 15) is 0 Å². The third-order valence-corrected chi connectivity index (χ3v) is 4.38. The van der Waals surface area contributed by atoms with Gasteiger partial charge < -0.3 is 9.88 Å². The molecule has 2 aromatic rings. The molecule has 0 bridgehead atoms. The van der Waals surface area contributed by atoms with Gasteiger partial charge in [0.2, 0.25) is 0 Å². The van der Waals surface area contributed by atoms with E-state index >= 15 is 4.39 Å². The highest BCUT2D eigenvalue weighted by molar-refractivity contribution is 5.75. The molecule has 1 aliphatic heterocycles. The van der Waals surface area contributed by atoms with Crippen molar-refractivity contribution in [2.24, 2.45) is 0 Å². The minimum Gasteiger partial charge on any atom is -0.328 e. The summed E-state index contributed by atoms with van der Waals surface area (Å²) >= 11 is 0. The van der Waals surface area contributed by atoms with E-state index < -0.39 is 5.67 Å². The smallest absolute Gasteiger partial charge is 0.119 e. The van der Waals surface area contributed by atoms with E-state index in [0.717, 1.165) is 49.3 Å². The maximum Gasteiger partial charge on any atom is 0.119 e. The van der Waals surface area contributed by atoms with Crippen molar-refractivity contribution in [3.05, 3.63) is 30.1 Å². The first-order chi connectivity index (χ1) is 10.2. The highest BCUT2D eigenvalue weighted by Gasteiger charge is 2.32. The molecule has 1 saturated heterocycles. The van der Waals surface area contributed by atoms with Gasteiger partial charge in [0.15, 0.2) is 0 Å². The van der Waals surface area contributed by atoms with Crippen molar-refractivity contribution in [2.45, 2.75) is 51.2 Å². The molecule has 0 saturated carbocycles. The number of aryl methyl sites for hydroxylation is 1. The lowest BCUT2D eigenvalue weighted by atomic mass is 9.93. The lowest BCUT2D eigenvalue weighted by Gasteiger charge is -2.23. The second kappa shape index (κ2) is 6.14. The van der Waals surface area contributed by atoms with Crippen molar-refractivity contribution in [3.63, 3.8) is 0 Å². The largest absolute Gasteiger partial charge is 0.328 e. The molecule has 1 N–H and O–H groups in total. The van der Waals surface area contributed by atoms with Crippen LogP contribution in [0.5, 0.6) is 0 Å². The average molecular weight is 289 g/mol. The van der Waals surface area contributed by atoms with Gasteiger partial charge in [0, 0.05) is 13.0 Å². The van der Waals surface area contributed by atoms with Crippen LogP contribution >= 0.6 is 0 Å². The Bertz CT molecular complexity index is 597. The van der Waals surface area contributed by atoms with Gasteiger partial charge in [-0.3, -0.25) is 0 Å². The van der Waals surface area contributed by atoms with Crippen LogP contribution in [0.3, 0.4) is 0 Å². The summed E-state index contributed by atoms with van der Waals surface area (Å²) in [6.07, 6.45) is 3.60. The van der Waals surface area contributed by atoms with E-state index in [-0.39, 0.29) is 0 Å². The number of benzene rings is 1. The van der Waals surface area contributed by atoms with E-state index in [1.54, 1.807) is 0 Å². The highest BCUT2D eigenvalue weighted by Crippen LogP contribution is 2.30. The second-order valence-electron chi connectivity index (χ2n) is 6.10. The van der Waals surface area contributed by atoms with Crippen LogP contribution in [0.4, 0.5) is 4.39 Å². The van der Waals surface area contributed by atoms with Gasteiger partial charge >= 0.3 is 0 Å². The first kappa shape index (κ1) is 14.5. The van der Waals surface area contributed by atoms with Gasteiger partial charge in [-0.1, -0.05) is 19.1 Å². The molecule has 1 aliphatic rings. The van der Waals surface area contributed by atoms with Crippen molar-refractivity contribution in [2.75, 3.05) is 13.1 Å². The molecule has 21 heavy (non-hydrogen) atoms. The van der Waals surface area contributed by atoms with Crippen molar-refractivity contribution in [1.29, 1.82) is 0 Å². The summed E-state index contributed by atoms with van der Waals surface area (Å²) in [6.45, 7) is 4.76. The Hall–Kier alpha value is -1.42. The van der Waals surface area contributed by atoms with Gasteiger partial charge in [-0.05, 0) is 50.9 Å². The Kier molecular flexibility index (Phi) is 4.24. The molecule has 114 valence electrons. The van der Waals surface area contributed by atoms with Crippen LogP contribution in [0.1, 0.15) is 38.4 Å². The molecule has 3 nitrogen and oxygen atoms in total. The van der Waals surface area contributed by atoms with Gasteiger partial charge in [-0.15, -0.1) is 0 Å². The molecule has 1 fully saturated rings. The Morgan fingerprint density at radius 3 is 3.00 bits per heavy atom. The summed E-state index contributed by atoms with van der Waals surface area (Å²) < 4.78 is 17.4. The van der Waals surface area contributed by atoms with Crippen LogP contribution in [0.15, 0.2) is 24.3 Å². The molecule has 0 radical (unpaired) electrons. The zero-order valence-corrected chi connectivity index (χ0v) is 12.7. The third-order valence-electron chi connectivity index (χ3n) is 4.38. The van der Waals surface area contributed by atoms with Crippen molar-refractivity contribution in [3.8, 4) is 0 Å². The lowest BCUT2D eigenvalue weighted by Crippen LogP contribution is -2.29. The third kappa shape index (κ3) is 3.10. The Morgan fingerprint density at radius 1 is 1.29 bits per heavy atom. The predicted molar refractivity (Wildman–Crippen MR) is 84.3 cm³/mol. The van der Waals surface area contributed by atoms with Crippen molar-refractivity contribution in [1.82, 2.24) is 14.9 Å². The van der Waals surface area contributed by atoms with E-state index in [2.05, 4.69) is 22.9 Å².